The molecule has 1 unspecified atom stereocenters. The largest absolute Gasteiger partial charge is 0.513 e. The van der Waals surface area contributed by atoms with Crippen LogP contribution < -0.4 is 14.1 Å². The van der Waals surface area contributed by atoms with Gasteiger partial charge in [0.2, 0.25) is 0 Å². The molecule has 0 spiro atoms. The van der Waals surface area contributed by atoms with Gasteiger partial charge in [-0.15, -0.1) is 0 Å². The molecule has 0 saturated heterocycles. The second-order valence-corrected chi connectivity index (χ2v) is 9.23. The topological polar surface area (TPSA) is 117 Å². The average Bonchev–Trinajstić information content (AvgIpc) is 3.53. The number of hydrogen-bond acceptors (Lipinski definition) is 7. The molecule has 0 radical (unpaired) electrons. The Labute approximate surface area is 180 Å². The Morgan fingerprint density at radius 1 is 1.03 bits per heavy atom. The minimum Gasteiger partial charge on any atom is -0.462 e. The number of nitro groups is 1. The minimum atomic E-state index is -4.10. The Morgan fingerprint density at radius 2 is 1.55 bits per heavy atom. The molecule has 1 N–H and O–H groups in total. The van der Waals surface area contributed by atoms with E-state index in [0.717, 1.165) is 12.8 Å². The fourth-order valence-corrected chi connectivity index (χ4v) is 4.34. The lowest BCUT2D eigenvalue weighted by Crippen LogP contribution is -2.36. The first kappa shape index (κ1) is 22.8. The van der Waals surface area contributed by atoms with Crippen LogP contribution in [0.15, 0.2) is 48.5 Å². The number of nitrogens with zero attached hydrogens (tertiary/aromatic N) is 1. The van der Waals surface area contributed by atoms with Crippen LogP contribution in [0.2, 0.25) is 0 Å². The van der Waals surface area contributed by atoms with E-state index in [4.69, 9.17) is 13.8 Å². The van der Waals surface area contributed by atoms with Gasteiger partial charge in [-0.05, 0) is 69.4 Å². The van der Waals surface area contributed by atoms with Crippen molar-refractivity contribution in [1.29, 1.82) is 0 Å². The van der Waals surface area contributed by atoms with Crippen molar-refractivity contribution in [3.05, 3.63) is 64.2 Å². The maximum absolute atomic E-state index is 13.5. The van der Waals surface area contributed by atoms with Gasteiger partial charge in [-0.3, -0.25) is 14.9 Å². The molecule has 166 valence electrons. The van der Waals surface area contributed by atoms with Gasteiger partial charge in [-0.25, -0.2) is 4.57 Å². The molecule has 1 aliphatic rings. The Balaban J connectivity index is 1.79. The number of ether oxygens (including phenoxy) is 1. The zero-order valence-corrected chi connectivity index (χ0v) is 18.4. The number of rotatable bonds is 10. The van der Waals surface area contributed by atoms with Crippen LogP contribution in [0.1, 0.15) is 45.1 Å². The highest BCUT2D eigenvalue weighted by Gasteiger charge is 2.34. The summed E-state index contributed by atoms with van der Waals surface area (Å²) in [5, 5.41) is 13.4. The van der Waals surface area contributed by atoms with Crippen LogP contribution in [-0.2, 0) is 14.1 Å². The third kappa shape index (κ3) is 6.54. The predicted molar refractivity (Wildman–Crippen MR) is 114 cm³/mol. The number of nitrogens with one attached hydrogen (secondary N) is 1. The van der Waals surface area contributed by atoms with Crippen molar-refractivity contribution < 1.29 is 28.1 Å². The summed E-state index contributed by atoms with van der Waals surface area (Å²) < 4.78 is 29.8. The molecule has 0 aliphatic heterocycles. The van der Waals surface area contributed by atoms with Crippen LogP contribution in [0, 0.1) is 10.1 Å². The summed E-state index contributed by atoms with van der Waals surface area (Å²) >= 11 is 0. The lowest BCUT2D eigenvalue weighted by atomic mass is 10.1. The third-order valence-electron chi connectivity index (χ3n) is 4.48. The van der Waals surface area contributed by atoms with Crippen LogP contribution in [0.25, 0.3) is 0 Å². The van der Waals surface area contributed by atoms with Crippen molar-refractivity contribution >= 4 is 19.4 Å². The van der Waals surface area contributed by atoms with Crippen LogP contribution in [0.5, 0.6) is 11.5 Å². The fraction of sp³-hybridized carbons (Fsp3) is 0.381. The highest BCUT2D eigenvalue weighted by atomic mass is 31.2. The van der Waals surface area contributed by atoms with E-state index in [2.05, 4.69) is 5.09 Å². The highest BCUT2D eigenvalue weighted by molar-refractivity contribution is 7.52. The van der Waals surface area contributed by atoms with Gasteiger partial charge in [-0.1, -0.05) is 12.1 Å². The molecule has 2 atom stereocenters. The van der Waals surface area contributed by atoms with Gasteiger partial charge < -0.3 is 13.8 Å². The number of benzene rings is 2. The first-order chi connectivity index (χ1) is 14.6. The summed E-state index contributed by atoms with van der Waals surface area (Å²) in [6.07, 6.45) is 1.96. The van der Waals surface area contributed by atoms with Crippen molar-refractivity contribution in [2.24, 2.45) is 0 Å². The molecule has 0 heterocycles. The summed E-state index contributed by atoms with van der Waals surface area (Å²) in [6.45, 7) is 4.89. The van der Waals surface area contributed by atoms with Crippen molar-refractivity contribution in [2.75, 3.05) is 0 Å². The minimum absolute atomic E-state index is 0.0838. The lowest BCUT2D eigenvalue weighted by molar-refractivity contribution is -0.384. The zero-order chi connectivity index (χ0) is 22.6. The van der Waals surface area contributed by atoms with Crippen LogP contribution in [-0.4, -0.2) is 23.0 Å². The highest BCUT2D eigenvalue weighted by Crippen LogP contribution is 2.46. The van der Waals surface area contributed by atoms with Gasteiger partial charge in [-0.2, -0.15) is 5.09 Å². The summed E-state index contributed by atoms with van der Waals surface area (Å²) in [5.74, 6) is 0.323. The third-order valence-corrected chi connectivity index (χ3v) is 6.09. The molecular weight excluding hydrogens is 423 g/mol. The molecule has 1 saturated carbocycles. The van der Waals surface area contributed by atoms with E-state index in [-0.39, 0.29) is 17.5 Å². The number of carbonyl (C=O) groups is 1. The maximum Gasteiger partial charge on any atom is 0.513 e. The van der Waals surface area contributed by atoms with E-state index < -0.39 is 24.7 Å². The molecule has 2 aromatic carbocycles. The molecule has 0 amide bonds. The van der Waals surface area contributed by atoms with Crippen molar-refractivity contribution in [1.82, 2.24) is 5.09 Å². The van der Waals surface area contributed by atoms with E-state index in [0.29, 0.717) is 11.7 Å². The SMILES string of the molecule is CC(C)OC(=O)[C@H](C)NP(=O)(Oc1ccc(C2CC2)cc1)Oc1ccc([N+](=O)[O-])cc1. The van der Waals surface area contributed by atoms with Gasteiger partial charge in [0.25, 0.3) is 5.69 Å². The Hall–Kier alpha value is -2.90. The summed E-state index contributed by atoms with van der Waals surface area (Å²) in [6, 6.07) is 11.3. The molecule has 0 bridgehead atoms. The fourth-order valence-electron chi connectivity index (χ4n) is 2.82. The van der Waals surface area contributed by atoms with Gasteiger partial charge in [0, 0.05) is 12.1 Å². The number of carbonyl (C=O) groups excluding carboxylic acids is 1. The lowest BCUT2D eigenvalue weighted by Gasteiger charge is -2.23. The van der Waals surface area contributed by atoms with Crippen molar-refractivity contribution in [3.63, 3.8) is 0 Å². The van der Waals surface area contributed by atoms with Crippen molar-refractivity contribution in [2.45, 2.75) is 51.7 Å². The number of esters is 1. The van der Waals surface area contributed by atoms with Gasteiger partial charge in [0.05, 0.1) is 11.0 Å². The van der Waals surface area contributed by atoms with E-state index >= 15 is 0 Å². The van der Waals surface area contributed by atoms with E-state index in [9.17, 15) is 19.5 Å². The first-order valence-corrected chi connectivity index (χ1v) is 11.5. The summed E-state index contributed by atoms with van der Waals surface area (Å²) in [4.78, 5) is 22.5. The second kappa shape index (κ2) is 9.49. The van der Waals surface area contributed by atoms with E-state index in [1.54, 1.807) is 26.0 Å². The molecule has 9 nitrogen and oxygen atoms in total. The van der Waals surface area contributed by atoms with Gasteiger partial charge in [0.1, 0.15) is 17.5 Å². The smallest absolute Gasteiger partial charge is 0.462 e. The zero-order valence-electron chi connectivity index (χ0n) is 17.5. The molecule has 1 fully saturated rings. The number of nitro benzene ring substituents is 1. The van der Waals surface area contributed by atoms with Gasteiger partial charge in [0.15, 0.2) is 0 Å². The Bertz CT molecular complexity index is 972. The summed E-state index contributed by atoms with van der Waals surface area (Å²) in [7, 11) is -4.10. The molecule has 10 heteroatoms. The molecule has 1 aliphatic carbocycles. The van der Waals surface area contributed by atoms with E-state index in [1.807, 2.05) is 12.1 Å². The molecule has 0 aromatic heterocycles. The maximum atomic E-state index is 13.5. The monoisotopic (exact) mass is 448 g/mol. The molecule has 2 aromatic rings. The van der Waals surface area contributed by atoms with Crippen LogP contribution in [0.3, 0.4) is 0 Å². The molecule has 31 heavy (non-hydrogen) atoms. The van der Waals surface area contributed by atoms with Crippen molar-refractivity contribution in [3.8, 4) is 11.5 Å². The van der Waals surface area contributed by atoms with Crippen LogP contribution >= 0.6 is 7.75 Å². The normalized spacial score (nSPS) is 16.3. The first-order valence-electron chi connectivity index (χ1n) is 9.97. The quantitative estimate of drug-likeness (QED) is 0.234. The average molecular weight is 448 g/mol. The van der Waals surface area contributed by atoms with Gasteiger partial charge >= 0.3 is 13.7 Å². The molecular formula is C21H25N2O7P. The Morgan fingerprint density at radius 3 is 2.00 bits per heavy atom. The Kier molecular flexibility index (Phi) is 6.97. The predicted octanol–water partition coefficient (Wildman–Crippen LogP) is 4.97. The number of non-ortho nitro benzene ring substituents is 1. The number of hydrogen-bond donors (Lipinski definition) is 1. The second-order valence-electron chi connectivity index (χ2n) is 7.61. The summed E-state index contributed by atoms with van der Waals surface area (Å²) in [5.41, 5.74) is 1.04. The van der Waals surface area contributed by atoms with E-state index in [1.165, 1.54) is 36.8 Å². The standard InChI is InChI=1S/C21H25N2O7P/c1-14(2)28-21(24)15(3)22-31(27,30-20-12-8-18(9-13-20)23(25)26)29-19-10-6-17(7-11-19)16-4-5-16/h6-16H,4-5H2,1-3H3,(H,22,27)/t15-,31?/m0/s1. The van der Waals surface area contributed by atoms with Crippen LogP contribution in [0.4, 0.5) is 5.69 Å². The molecule has 3 rings (SSSR count).